The first-order chi connectivity index (χ1) is 11.4. The third-order valence-corrected chi connectivity index (χ3v) is 4.15. The fourth-order valence-corrected chi connectivity index (χ4v) is 2.45. The number of hydrogen-bond acceptors (Lipinski definition) is 2. The zero-order chi connectivity index (χ0) is 17.7. The van der Waals surface area contributed by atoms with Crippen molar-refractivity contribution < 1.29 is 13.5 Å². The van der Waals surface area contributed by atoms with Crippen LogP contribution >= 0.6 is 12.2 Å². The van der Waals surface area contributed by atoms with Gasteiger partial charge in [-0.2, -0.15) is 0 Å². The zero-order valence-electron chi connectivity index (χ0n) is 14.0. The van der Waals surface area contributed by atoms with Gasteiger partial charge in [0.05, 0.1) is 4.99 Å². The van der Waals surface area contributed by atoms with E-state index >= 15 is 0 Å². The fraction of sp³-hybridized carbons (Fsp3) is 0.316. The summed E-state index contributed by atoms with van der Waals surface area (Å²) < 4.78 is 32.6. The van der Waals surface area contributed by atoms with E-state index < -0.39 is 6.43 Å². The Morgan fingerprint density at radius 3 is 2.62 bits per heavy atom. The van der Waals surface area contributed by atoms with Crippen molar-refractivity contribution in [2.45, 2.75) is 40.2 Å². The molecule has 0 spiro atoms. The second kappa shape index (κ2) is 8.20. The molecule has 0 radical (unpaired) electrons. The van der Waals surface area contributed by atoms with Crippen LogP contribution in [0.5, 0.6) is 5.75 Å². The van der Waals surface area contributed by atoms with E-state index in [-0.39, 0.29) is 12.2 Å². The molecule has 0 saturated carbocycles. The predicted octanol–water partition coefficient (Wildman–Crippen LogP) is 5.97. The molecule has 1 N–H and O–H groups in total. The first-order valence-corrected chi connectivity index (χ1v) is 8.23. The molecule has 2 aromatic rings. The Bertz CT molecular complexity index is 731. The van der Waals surface area contributed by atoms with E-state index in [0.717, 1.165) is 11.1 Å². The summed E-state index contributed by atoms with van der Waals surface area (Å²) in [7, 11) is 0. The van der Waals surface area contributed by atoms with E-state index in [0.29, 0.717) is 28.4 Å². The van der Waals surface area contributed by atoms with E-state index in [9.17, 15) is 8.78 Å². The molecule has 2 rings (SSSR count). The van der Waals surface area contributed by atoms with Crippen LogP contribution in [0.1, 0.15) is 42.0 Å². The van der Waals surface area contributed by atoms with Gasteiger partial charge in [-0.25, -0.2) is 8.78 Å². The molecule has 0 aliphatic heterocycles. The van der Waals surface area contributed by atoms with Gasteiger partial charge in [0.1, 0.15) is 12.4 Å². The Hall–Kier alpha value is -2.01. The molecule has 2 nitrogen and oxygen atoms in total. The second-order valence-electron chi connectivity index (χ2n) is 5.63. The average molecular weight is 349 g/mol. The molecule has 0 fully saturated rings. The third-order valence-electron chi connectivity index (χ3n) is 3.76. The van der Waals surface area contributed by atoms with Gasteiger partial charge in [-0.05, 0) is 43.5 Å². The van der Waals surface area contributed by atoms with Gasteiger partial charge in [0, 0.05) is 16.8 Å². The minimum atomic E-state index is -2.57. The molecule has 0 aromatic heterocycles. The largest absolute Gasteiger partial charge is 0.489 e. The summed E-state index contributed by atoms with van der Waals surface area (Å²) in [5, 5.41) is 3.04. The van der Waals surface area contributed by atoms with Crippen molar-refractivity contribution in [3.63, 3.8) is 0 Å². The molecule has 0 bridgehead atoms. The number of rotatable bonds is 6. The van der Waals surface area contributed by atoms with Crippen molar-refractivity contribution in [2.24, 2.45) is 0 Å². The summed E-state index contributed by atoms with van der Waals surface area (Å²) in [6, 6.07) is 10.6. The van der Waals surface area contributed by atoms with Crippen LogP contribution in [0.15, 0.2) is 36.4 Å². The smallest absolute Gasteiger partial charge is 0.264 e. The van der Waals surface area contributed by atoms with Crippen molar-refractivity contribution in [1.82, 2.24) is 0 Å². The van der Waals surface area contributed by atoms with Gasteiger partial charge in [-0.3, -0.25) is 0 Å². The van der Waals surface area contributed by atoms with Crippen LogP contribution < -0.4 is 10.1 Å². The highest BCUT2D eigenvalue weighted by atomic mass is 32.1. The minimum absolute atomic E-state index is 0.0378. The summed E-state index contributed by atoms with van der Waals surface area (Å²) in [4.78, 5) is 0.606. The van der Waals surface area contributed by atoms with E-state index in [1.165, 1.54) is 6.07 Å². The lowest BCUT2D eigenvalue weighted by Gasteiger charge is -2.17. The molecule has 128 valence electrons. The number of ether oxygens (including phenoxy) is 1. The SMILES string of the molecule is CCC(=S)Nc1cccc(C(F)F)c1COc1cc(C)ccc1C. The molecule has 2 aromatic carbocycles. The van der Waals surface area contributed by atoms with Crippen LogP contribution in [0.3, 0.4) is 0 Å². The number of alkyl halides is 2. The molecular formula is C19H21F2NOS. The van der Waals surface area contributed by atoms with Crippen molar-refractivity contribution in [3.8, 4) is 5.75 Å². The van der Waals surface area contributed by atoms with Crippen LogP contribution in [0.4, 0.5) is 14.5 Å². The molecular weight excluding hydrogens is 328 g/mol. The number of halogens is 2. The van der Waals surface area contributed by atoms with Gasteiger partial charge in [0.15, 0.2) is 0 Å². The van der Waals surface area contributed by atoms with E-state index in [1.807, 2.05) is 39.0 Å². The van der Waals surface area contributed by atoms with E-state index in [4.69, 9.17) is 17.0 Å². The number of nitrogens with one attached hydrogen (secondary N) is 1. The monoisotopic (exact) mass is 349 g/mol. The number of aryl methyl sites for hydroxylation is 2. The summed E-state index contributed by atoms with van der Waals surface area (Å²) in [5.74, 6) is 0.697. The zero-order valence-corrected chi connectivity index (χ0v) is 14.8. The summed E-state index contributed by atoms with van der Waals surface area (Å²) in [6.45, 7) is 5.86. The normalized spacial score (nSPS) is 10.8. The molecule has 0 saturated heterocycles. The number of hydrogen-bond donors (Lipinski definition) is 1. The maximum absolute atomic E-state index is 13.4. The molecule has 0 aliphatic rings. The van der Waals surface area contributed by atoms with E-state index in [1.54, 1.807) is 12.1 Å². The van der Waals surface area contributed by atoms with Crippen molar-refractivity contribution in [3.05, 3.63) is 58.7 Å². The summed E-state index contributed by atoms with van der Waals surface area (Å²) >= 11 is 5.18. The highest BCUT2D eigenvalue weighted by Gasteiger charge is 2.17. The first kappa shape index (κ1) is 18.3. The van der Waals surface area contributed by atoms with Crippen LogP contribution in [0, 0.1) is 13.8 Å². The Morgan fingerprint density at radius 2 is 1.96 bits per heavy atom. The highest BCUT2D eigenvalue weighted by Crippen LogP contribution is 2.30. The molecule has 0 amide bonds. The topological polar surface area (TPSA) is 21.3 Å². The fourth-order valence-electron chi connectivity index (χ4n) is 2.34. The maximum atomic E-state index is 13.4. The average Bonchev–Trinajstić information content (AvgIpc) is 2.56. The molecule has 0 atom stereocenters. The highest BCUT2D eigenvalue weighted by molar-refractivity contribution is 7.80. The molecule has 5 heteroatoms. The van der Waals surface area contributed by atoms with Crippen molar-refractivity contribution >= 4 is 22.9 Å². The predicted molar refractivity (Wildman–Crippen MR) is 98.2 cm³/mol. The quantitative estimate of drug-likeness (QED) is 0.649. The lowest BCUT2D eigenvalue weighted by molar-refractivity contribution is 0.148. The Labute approximate surface area is 146 Å². The van der Waals surface area contributed by atoms with Gasteiger partial charge in [0.2, 0.25) is 0 Å². The van der Waals surface area contributed by atoms with Crippen molar-refractivity contribution in [2.75, 3.05) is 5.32 Å². The van der Waals surface area contributed by atoms with Gasteiger partial charge in [0.25, 0.3) is 6.43 Å². The molecule has 24 heavy (non-hydrogen) atoms. The second-order valence-corrected chi connectivity index (χ2v) is 6.13. The third kappa shape index (κ3) is 4.51. The standard InChI is InChI=1S/C19H21F2NOS/c1-4-18(24)22-16-7-5-6-14(19(20)21)15(16)11-23-17-10-12(2)8-9-13(17)3/h5-10,19H,4,11H2,1-3H3,(H,22,24). The number of benzene rings is 2. The van der Waals surface area contributed by atoms with Gasteiger partial charge in [-0.1, -0.05) is 43.4 Å². The lowest BCUT2D eigenvalue weighted by Crippen LogP contribution is -2.12. The maximum Gasteiger partial charge on any atom is 0.264 e. The summed E-state index contributed by atoms with van der Waals surface area (Å²) in [5.41, 5.74) is 3.00. The lowest BCUT2D eigenvalue weighted by atomic mass is 10.1. The molecule has 0 heterocycles. The van der Waals surface area contributed by atoms with Gasteiger partial charge >= 0.3 is 0 Å². The van der Waals surface area contributed by atoms with E-state index in [2.05, 4.69) is 5.32 Å². The summed E-state index contributed by atoms with van der Waals surface area (Å²) in [6.07, 6.45) is -1.93. The molecule has 0 aliphatic carbocycles. The Kier molecular flexibility index (Phi) is 6.26. The van der Waals surface area contributed by atoms with Crippen LogP contribution in [-0.4, -0.2) is 4.99 Å². The van der Waals surface area contributed by atoms with Crippen LogP contribution in [0.2, 0.25) is 0 Å². The van der Waals surface area contributed by atoms with Gasteiger partial charge in [-0.15, -0.1) is 0 Å². The Morgan fingerprint density at radius 1 is 1.21 bits per heavy atom. The first-order valence-electron chi connectivity index (χ1n) is 7.82. The van der Waals surface area contributed by atoms with Crippen LogP contribution in [0.25, 0.3) is 0 Å². The van der Waals surface area contributed by atoms with Gasteiger partial charge < -0.3 is 10.1 Å². The Balaban J connectivity index is 2.32. The van der Waals surface area contributed by atoms with Crippen molar-refractivity contribution in [1.29, 1.82) is 0 Å². The van der Waals surface area contributed by atoms with Crippen LogP contribution in [-0.2, 0) is 6.61 Å². The number of thiocarbonyl (C=S) groups is 1. The number of anilines is 1. The molecule has 0 unspecified atom stereocenters. The minimum Gasteiger partial charge on any atom is -0.489 e.